The fourth-order valence-corrected chi connectivity index (χ4v) is 1.77. The summed E-state index contributed by atoms with van der Waals surface area (Å²) in [4.78, 5) is 10.6. The minimum absolute atomic E-state index is 0.693. The van der Waals surface area contributed by atoms with E-state index in [2.05, 4.69) is 15.9 Å². The second kappa shape index (κ2) is 3.30. The minimum Gasteiger partial charge on any atom is -0.298 e. The Kier molecular flexibility index (Phi) is 2.15. The summed E-state index contributed by atoms with van der Waals surface area (Å²) in [6, 6.07) is 11.8. The van der Waals surface area contributed by atoms with Crippen molar-refractivity contribution in [2.24, 2.45) is 0 Å². The van der Waals surface area contributed by atoms with Gasteiger partial charge < -0.3 is 0 Å². The zero-order valence-corrected chi connectivity index (χ0v) is 8.41. The van der Waals surface area contributed by atoms with Gasteiger partial charge in [-0.3, -0.25) is 4.79 Å². The normalized spacial score (nSPS) is 10.2. The largest absolute Gasteiger partial charge is 0.298 e. The van der Waals surface area contributed by atoms with Crippen LogP contribution in [-0.2, 0) is 0 Å². The van der Waals surface area contributed by atoms with E-state index in [9.17, 15) is 4.79 Å². The van der Waals surface area contributed by atoms with Gasteiger partial charge in [0, 0.05) is 10.0 Å². The highest BCUT2D eigenvalue weighted by Crippen LogP contribution is 2.22. The van der Waals surface area contributed by atoms with Crippen LogP contribution in [0.2, 0.25) is 0 Å². The highest BCUT2D eigenvalue weighted by atomic mass is 79.9. The third kappa shape index (κ3) is 1.49. The standard InChI is InChI=1S/C11H7BrO/c12-11-6-9-4-2-1-3-8(9)5-10(11)7-13/h1-7H. The molecule has 2 aromatic carbocycles. The van der Waals surface area contributed by atoms with Crippen molar-refractivity contribution in [2.75, 3.05) is 0 Å². The number of rotatable bonds is 1. The second-order valence-electron chi connectivity index (χ2n) is 2.84. The van der Waals surface area contributed by atoms with Gasteiger partial charge in [-0.1, -0.05) is 40.2 Å². The van der Waals surface area contributed by atoms with Gasteiger partial charge in [0.25, 0.3) is 0 Å². The van der Waals surface area contributed by atoms with Gasteiger partial charge in [0.2, 0.25) is 0 Å². The van der Waals surface area contributed by atoms with Crippen molar-refractivity contribution in [3.63, 3.8) is 0 Å². The molecular formula is C11H7BrO. The van der Waals surface area contributed by atoms with Crippen LogP contribution in [-0.4, -0.2) is 6.29 Å². The molecule has 0 radical (unpaired) electrons. The highest BCUT2D eigenvalue weighted by Gasteiger charge is 2.00. The summed E-state index contributed by atoms with van der Waals surface area (Å²) in [6.45, 7) is 0. The Hall–Kier alpha value is -1.15. The van der Waals surface area contributed by atoms with Gasteiger partial charge in [-0.25, -0.2) is 0 Å². The Morgan fingerprint density at radius 2 is 1.69 bits per heavy atom. The lowest BCUT2D eigenvalue weighted by molar-refractivity contribution is 0.112. The van der Waals surface area contributed by atoms with E-state index in [0.717, 1.165) is 21.5 Å². The predicted octanol–water partition coefficient (Wildman–Crippen LogP) is 3.41. The summed E-state index contributed by atoms with van der Waals surface area (Å²) in [5.74, 6) is 0. The third-order valence-corrected chi connectivity index (χ3v) is 2.68. The minimum atomic E-state index is 0.693. The Bertz CT molecular complexity index is 463. The van der Waals surface area contributed by atoms with Crippen LogP contribution in [0.15, 0.2) is 40.9 Å². The van der Waals surface area contributed by atoms with Crippen LogP contribution in [0, 0.1) is 0 Å². The Labute approximate surface area is 84.5 Å². The molecule has 0 saturated heterocycles. The quantitative estimate of drug-likeness (QED) is 0.692. The average Bonchev–Trinajstić information content (AvgIpc) is 2.17. The molecule has 0 fully saturated rings. The Balaban J connectivity index is 2.81. The summed E-state index contributed by atoms with van der Waals surface area (Å²) in [5.41, 5.74) is 0.693. The van der Waals surface area contributed by atoms with Crippen molar-refractivity contribution in [2.45, 2.75) is 0 Å². The maximum Gasteiger partial charge on any atom is 0.151 e. The molecule has 1 nitrogen and oxygen atoms in total. The van der Waals surface area contributed by atoms with E-state index in [1.165, 1.54) is 0 Å². The number of hydrogen-bond acceptors (Lipinski definition) is 1. The molecule has 0 amide bonds. The number of fused-ring (bicyclic) bond motifs is 1. The SMILES string of the molecule is O=Cc1cc2ccccc2cc1Br. The van der Waals surface area contributed by atoms with Crippen LogP contribution in [0.25, 0.3) is 10.8 Å². The first-order valence-corrected chi connectivity index (χ1v) is 4.74. The van der Waals surface area contributed by atoms with E-state index in [1.807, 2.05) is 36.4 Å². The average molecular weight is 235 g/mol. The Morgan fingerprint density at radius 1 is 1.08 bits per heavy atom. The highest BCUT2D eigenvalue weighted by molar-refractivity contribution is 9.10. The molecule has 0 heterocycles. The zero-order chi connectivity index (χ0) is 9.26. The third-order valence-electron chi connectivity index (χ3n) is 1.99. The molecule has 64 valence electrons. The van der Waals surface area contributed by atoms with Gasteiger partial charge in [-0.15, -0.1) is 0 Å². The lowest BCUT2D eigenvalue weighted by atomic mass is 10.1. The van der Waals surface area contributed by atoms with Gasteiger partial charge in [0.1, 0.15) is 0 Å². The fourth-order valence-electron chi connectivity index (χ4n) is 1.32. The molecule has 2 rings (SSSR count). The van der Waals surface area contributed by atoms with E-state index < -0.39 is 0 Å². The van der Waals surface area contributed by atoms with E-state index in [4.69, 9.17) is 0 Å². The monoisotopic (exact) mass is 234 g/mol. The van der Waals surface area contributed by atoms with Crippen LogP contribution in [0.3, 0.4) is 0 Å². The molecule has 0 aliphatic rings. The van der Waals surface area contributed by atoms with Crippen molar-refractivity contribution in [1.82, 2.24) is 0 Å². The molecule has 0 atom stereocenters. The van der Waals surface area contributed by atoms with E-state index in [-0.39, 0.29) is 0 Å². The first-order chi connectivity index (χ1) is 6.31. The smallest absolute Gasteiger partial charge is 0.151 e. The number of aldehydes is 1. The fraction of sp³-hybridized carbons (Fsp3) is 0. The van der Waals surface area contributed by atoms with Gasteiger partial charge >= 0.3 is 0 Å². The molecule has 13 heavy (non-hydrogen) atoms. The number of benzene rings is 2. The molecule has 0 unspecified atom stereocenters. The molecule has 2 aromatic rings. The van der Waals surface area contributed by atoms with E-state index in [0.29, 0.717) is 5.56 Å². The summed E-state index contributed by atoms with van der Waals surface area (Å²) < 4.78 is 0.848. The van der Waals surface area contributed by atoms with Crippen molar-refractivity contribution in [3.8, 4) is 0 Å². The zero-order valence-electron chi connectivity index (χ0n) is 6.83. The topological polar surface area (TPSA) is 17.1 Å². The molecule has 2 heteroatoms. The molecule has 0 aromatic heterocycles. The predicted molar refractivity (Wildman–Crippen MR) is 57.0 cm³/mol. The summed E-state index contributed by atoms with van der Waals surface area (Å²) in [5, 5.41) is 2.23. The van der Waals surface area contributed by atoms with Crippen LogP contribution < -0.4 is 0 Å². The van der Waals surface area contributed by atoms with Gasteiger partial charge in [-0.2, -0.15) is 0 Å². The van der Waals surface area contributed by atoms with Crippen LogP contribution >= 0.6 is 15.9 Å². The number of carbonyl (C=O) groups is 1. The van der Waals surface area contributed by atoms with Crippen molar-refractivity contribution >= 4 is 33.0 Å². The lowest BCUT2D eigenvalue weighted by Crippen LogP contribution is -1.82. The number of carbonyl (C=O) groups excluding carboxylic acids is 1. The van der Waals surface area contributed by atoms with Gasteiger partial charge in [-0.05, 0) is 22.9 Å². The molecular weight excluding hydrogens is 228 g/mol. The molecule has 0 aliphatic carbocycles. The first-order valence-electron chi connectivity index (χ1n) is 3.95. The molecule has 0 N–H and O–H groups in total. The second-order valence-corrected chi connectivity index (χ2v) is 3.69. The number of hydrogen-bond donors (Lipinski definition) is 0. The lowest BCUT2D eigenvalue weighted by Gasteiger charge is -2.00. The van der Waals surface area contributed by atoms with Crippen molar-refractivity contribution < 1.29 is 4.79 Å². The van der Waals surface area contributed by atoms with Gasteiger partial charge in [0.05, 0.1) is 0 Å². The maximum absolute atomic E-state index is 10.6. The summed E-state index contributed by atoms with van der Waals surface area (Å²) in [7, 11) is 0. The summed E-state index contributed by atoms with van der Waals surface area (Å²) >= 11 is 3.35. The van der Waals surface area contributed by atoms with Gasteiger partial charge in [0.15, 0.2) is 6.29 Å². The molecule has 0 spiro atoms. The van der Waals surface area contributed by atoms with Crippen molar-refractivity contribution in [1.29, 1.82) is 0 Å². The molecule has 0 bridgehead atoms. The molecule has 0 saturated carbocycles. The maximum atomic E-state index is 10.6. The number of halogens is 1. The molecule has 0 aliphatic heterocycles. The van der Waals surface area contributed by atoms with Crippen molar-refractivity contribution in [3.05, 3.63) is 46.4 Å². The van der Waals surface area contributed by atoms with Crippen LogP contribution in [0.1, 0.15) is 10.4 Å². The van der Waals surface area contributed by atoms with E-state index in [1.54, 1.807) is 0 Å². The summed E-state index contributed by atoms with van der Waals surface area (Å²) in [6.07, 6.45) is 0.858. The first kappa shape index (κ1) is 8.45. The Morgan fingerprint density at radius 3 is 2.31 bits per heavy atom. The van der Waals surface area contributed by atoms with Crippen LogP contribution in [0.5, 0.6) is 0 Å². The van der Waals surface area contributed by atoms with Crippen LogP contribution in [0.4, 0.5) is 0 Å². The van der Waals surface area contributed by atoms with E-state index >= 15 is 0 Å².